The van der Waals surface area contributed by atoms with Crippen LogP contribution in [0.15, 0.2) is 35.2 Å². The molecule has 0 bridgehead atoms. The maximum Gasteiger partial charge on any atom is 0.240 e. The van der Waals surface area contributed by atoms with Gasteiger partial charge in [-0.3, -0.25) is 0 Å². The van der Waals surface area contributed by atoms with Crippen molar-refractivity contribution in [3.05, 3.63) is 45.1 Å². The van der Waals surface area contributed by atoms with Gasteiger partial charge in [0.1, 0.15) is 0 Å². The lowest BCUT2D eigenvalue weighted by atomic mass is 10.3. The zero-order valence-corrected chi connectivity index (χ0v) is 12.6. The molecule has 102 valence electrons. The molecule has 1 aromatic carbocycles. The third-order valence-corrected chi connectivity index (χ3v) is 5.24. The predicted octanol–water partition coefficient (Wildman–Crippen LogP) is 2.77. The zero-order chi connectivity index (χ0) is 14.0. The van der Waals surface area contributed by atoms with Crippen molar-refractivity contribution < 1.29 is 8.42 Å². The number of anilines is 1. The number of rotatable bonds is 4. The van der Waals surface area contributed by atoms with Gasteiger partial charge in [-0.1, -0.05) is 11.6 Å². The Morgan fingerprint density at radius 3 is 2.63 bits per heavy atom. The van der Waals surface area contributed by atoms with Crippen LogP contribution in [0.3, 0.4) is 0 Å². The number of aryl methyl sites for hydroxylation is 1. The van der Waals surface area contributed by atoms with Crippen molar-refractivity contribution in [3.8, 4) is 0 Å². The fourth-order valence-corrected chi connectivity index (χ4v) is 3.70. The van der Waals surface area contributed by atoms with E-state index in [1.54, 1.807) is 11.3 Å². The van der Waals surface area contributed by atoms with Gasteiger partial charge in [-0.2, -0.15) is 0 Å². The molecule has 2 aromatic rings. The highest BCUT2D eigenvalue weighted by Crippen LogP contribution is 2.23. The van der Waals surface area contributed by atoms with Gasteiger partial charge in [-0.25, -0.2) is 13.1 Å². The smallest absolute Gasteiger partial charge is 0.240 e. The molecule has 1 heterocycles. The summed E-state index contributed by atoms with van der Waals surface area (Å²) in [5.74, 6) is 0. The average Bonchev–Trinajstić information content (AvgIpc) is 2.76. The van der Waals surface area contributed by atoms with Crippen molar-refractivity contribution in [3.63, 3.8) is 0 Å². The third-order valence-electron chi connectivity index (χ3n) is 2.51. The molecule has 0 unspecified atom stereocenters. The normalized spacial score (nSPS) is 11.7. The van der Waals surface area contributed by atoms with Gasteiger partial charge in [0.05, 0.1) is 15.6 Å². The molecule has 0 amide bonds. The third kappa shape index (κ3) is 3.48. The second kappa shape index (κ2) is 5.50. The highest BCUT2D eigenvalue weighted by Gasteiger charge is 2.15. The van der Waals surface area contributed by atoms with E-state index in [0.29, 0.717) is 5.69 Å². The van der Waals surface area contributed by atoms with Gasteiger partial charge >= 0.3 is 0 Å². The van der Waals surface area contributed by atoms with Crippen LogP contribution in [0.25, 0.3) is 0 Å². The molecule has 0 aliphatic heterocycles. The molecule has 0 aliphatic carbocycles. The molecule has 4 nitrogen and oxygen atoms in total. The Kier molecular flexibility index (Phi) is 4.15. The summed E-state index contributed by atoms with van der Waals surface area (Å²) in [5.41, 5.74) is 5.91. The number of nitrogens with one attached hydrogen (secondary N) is 1. The standard InChI is InChI=1S/C12H13ClN2O2S2/c1-8-2-3-9(18-8)7-15-19(16,17)10-4-5-12(14)11(13)6-10/h2-6,15H,7,14H2,1H3. The van der Waals surface area contributed by atoms with E-state index in [-0.39, 0.29) is 16.5 Å². The minimum Gasteiger partial charge on any atom is -0.398 e. The van der Waals surface area contributed by atoms with Gasteiger partial charge in [0.2, 0.25) is 10.0 Å². The molecule has 0 spiro atoms. The first-order valence-corrected chi connectivity index (χ1v) is 8.16. The Morgan fingerprint density at radius 2 is 2.05 bits per heavy atom. The zero-order valence-electron chi connectivity index (χ0n) is 10.2. The highest BCUT2D eigenvalue weighted by molar-refractivity contribution is 7.89. The Bertz CT molecular complexity index is 696. The van der Waals surface area contributed by atoms with Crippen molar-refractivity contribution >= 4 is 38.6 Å². The molecule has 3 N–H and O–H groups in total. The number of nitrogen functional groups attached to an aromatic ring is 1. The summed E-state index contributed by atoms with van der Waals surface area (Å²) < 4.78 is 26.7. The molecule has 7 heteroatoms. The Hall–Kier alpha value is -1.08. The largest absolute Gasteiger partial charge is 0.398 e. The van der Waals surface area contributed by atoms with Gasteiger partial charge in [-0.15, -0.1) is 11.3 Å². The van der Waals surface area contributed by atoms with Crippen LogP contribution < -0.4 is 10.5 Å². The number of hydrogen-bond donors (Lipinski definition) is 2. The second-order valence-corrected chi connectivity index (χ2v) is 7.57. The number of nitrogens with two attached hydrogens (primary N) is 1. The molecule has 0 atom stereocenters. The first-order valence-electron chi connectivity index (χ1n) is 5.48. The first kappa shape index (κ1) is 14.3. The highest BCUT2D eigenvalue weighted by atomic mass is 35.5. The van der Waals surface area contributed by atoms with E-state index >= 15 is 0 Å². The molecule has 1 aromatic heterocycles. The average molecular weight is 317 g/mol. The lowest BCUT2D eigenvalue weighted by molar-refractivity contribution is 0.582. The van der Waals surface area contributed by atoms with E-state index in [1.807, 2.05) is 19.1 Å². The van der Waals surface area contributed by atoms with E-state index in [9.17, 15) is 8.42 Å². The molecule has 0 saturated heterocycles. The number of sulfonamides is 1. The minimum absolute atomic E-state index is 0.111. The molecule has 0 saturated carbocycles. The number of halogens is 1. The SMILES string of the molecule is Cc1ccc(CNS(=O)(=O)c2ccc(N)c(Cl)c2)s1. The molecular weight excluding hydrogens is 304 g/mol. The van der Waals surface area contributed by atoms with Crippen LogP contribution in [-0.4, -0.2) is 8.42 Å². The molecular formula is C12H13ClN2O2S2. The minimum atomic E-state index is -3.57. The van der Waals surface area contributed by atoms with Crippen LogP contribution in [0, 0.1) is 6.92 Å². The summed E-state index contributed by atoms with van der Waals surface area (Å²) in [4.78, 5) is 2.22. The van der Waals surface area contributed by atoms with Crippen molar-refractivity contribution in [2.75, 3.05) is 5.73 Å². The predicted molar refractivity (Wildman–Crippen MR) is 78.9 cm³/mol. The molecule has 19 heavy (non-hydrogen) atoms. The van der Waals surface area contributed by atoms with Crippen LogP contribution in [0.2, 0.25) is 5.02 Å². The van der Waals surface area contributed by atoms with E-state index in [1.165, 1.54) is 18.2 Å². The molecule has 0 radical (unpaired) electrons. The van der Waals surface area contributed by atoms with Crippen molar-refractivity contribution in [1.29, 1.82) is 0 Å². The number of hydrogen-bond acceptors (Lipinski definition) is 4. The van der Waals surface area contributed by atoms with Crippen LogP contribution in [0.4, 0.5) is 5.69 Å². The molecule has 0 fully saturated rings. The topological polar surface area (TPSA) is 72.2 Å². The van der Waals surface area contributed by atoms with Crippen LogP contribution in [0.5, 0.6) is 0 Å². The van der Waals surface area contributed by atoms with Gasteiger partial charge < -0.3 is 5.73 Å². The van der Waals surface area contributed by atoms with Gasteiger partial charge in [0.15, 0.2) is 0 Å². The van der Waals surface area contributed by atoms with Crippen LogP contribution in [0.1, 0.15) is 9.75 Å². The first-order chi connectivity index (χ1) is 8.88. The van der Waals surface area contributed by atoms with E-state index in [4.69, 9.17) is 17.3 Å². The van der Waals surface area contributed by atoms with E-state index in [2.05, 4.69) is 4.72 Å². The maximum atomic E-state index is 12.1. The van der Waals surface area contributed by atoms with E-state index in [0.717, 1.165) is 9.75 Å². The fraction of sp³-hybridized carbons (Fsp3) is 0.167. The monoisotopic (exact) mass is 316 g/mol. The summed E-state index contributed by atoms with van der Waals surface area (Å²) in [5, 5.41) is 0.231. The van der Waals surface area contributed by atoms with Crippen LogP contribution in [-0.2, 0) is 16.6 Å². The van der Waals surface area contributed by atoms with Gasteiger partial charge in [0.25, 0.3) is 0 Å². The number of thiophene rings is 1. The fourth-order valence-electron chi connectivity index (χ4n) is 1.50. The molecule has 2 rings (SSSR count). The van der Waals surface area contributed by atoms with Crippen molar-refractivity contribution in [2.24, 2.45) is 0 Å². The summed E-state index contributed by atoms with van der Waals surface area (Å²) in [6.45, 7) is 2.24. The Morgan fingerprint density at radius 1 is 1.32 bits per heavy atom. The summed E-state index contributed by atoms with van der Waals surface area (Å²) in [7, 11) is -3.57. The summed E-state index contributed by atoms with van der Waals surface area (Å²) >= 11 is 7.38. The second-order valence-electron chi connectivity index (χ2n) is 4.02. The Balaban J connectivity index is 2.16. The lowest BCUT2D eigenvalue weighted by Gasteiger charge is -2.07. The van der Waals surface area contributed by atoms with Crippen molar-refractivity contribution in [2.45, 2.75) is 18.4 Å². The quantitative estimate of drug-likeness (QED) is 0.852. The molecule has 0 aliphatic rings. The summed E-state index contributed by atoms with van der Waals surface area (Å²) in [6.07, 6.45) is 0. The van der Waals surface area contributed by atoms with Crippen LogP contribution >= 0.6 is 22.9 Å². The van der Waals surface area contributed by atoms with Gasteiger partial charge in [0, 0.05) is 16.3 Å². The Labute approximate surface area is 121 Å². The van der Waals surface area contributed by atoms with E-state index < -0.39 is 10.0 Å². The van der Waals surface area contributed by atoms with Gasteiger partial charge in [-0.05, 0) is 37.3 Å². The lowest BCUT2D eigenvalue weighted by Crippen LogP contribution is -2.22. The maximum absolute atomic E-state index is 12.1. The summed E-state index contributed by atoms with van der Waals surface area (Å²) in [6, 6.07) is 8.11. The van der Waals surface area contributed by atoms with Crippen molar-refractivity contribution in [1.82, 2.24) is 4.72 Å². The number of benzene rings is 1.